The van der Waals surface area contributed by atoms with Crippen LogP contribution in [0.15, 0.2) is 47.4 Å². The largest absolute Gasteiger partial charge is 0.458 e. The molecule has 46 heavy (non-hydrogen) atoms. The zero-order chi connectivity index (χ0) is 32.6. The number of H-pyrrole nitrogens is 1. The Hall–Kier alpha value is -4.43. The van der Waals surface area contributed by atoms with Gasteiger partial charge in [-0.15, -0.1) is 0 Å². The number of benzene rings is 1. The van der Waals surface area contributed by atoms with Gasteiger partial charge in [-0.3, -0.25) is 9.48 Å². The molecule has 0 spiro atoms. The Balaban J connectivity index is 1.29. The highest BCUT2D eigenvalue weighted by Crippen LogP contribution is 2.38. The Kier molecular flexibility index (Phi) is 8.51. The van der Waals surface area contributed by atoms with Crippen LogP contribution in [0.3, 0.4) is 0 Å². The van der Waals surface area contributed by atoms with Gasteiger partial charge in [0.2, 0.25) is 0 Å². The van der Waals surface area contributed by atoms with E-state index in [9.17, 15) is 14.9 Å². The van der Waals surface area contributed by atoms with Gasteiger partial charge in [0.25, 0.3) is 5.56 Å². The molecule has 0 aliphatic carbocycles. The number of anilines is 3. The second-order valence-corrected chi connectivity index (χ2v) is 14.2. The number of hydrogen-bond acceptors (Lipinski definition) is 9. The van der Waals surface area contributed by atoms with Crippen molar-refractivity contribution in [2.75, 3.05) is 29.9 Å². The minimum atomic E-state index is -0.870. The number of nitrogens with zero attached hydrogens (tertiary/aromatic N) is 5. The minimum absolute atomic E-state index is 0.0754. The number of nitrogens with one attached hydrogen (secondary N) is 2. The fourth-order valence-corrected chi connectivity index (χ4v) is 6.69. The van der Waals surface area contributed by atoms with Crippen LogP contribution in [-0.4, -0.2) is 57.1 Å². The summed E-state index contributed by atoms with van der Waals surface area (Å²) in [6.45, 7) is 12.2. The maximum atomic E-state index is 13.2. The maximum Gasteiger partial charge on any atom is 0.335 e. The van der Waals surface area contributed by atoms with E-state index in [0.29, 0.717) is 41.4 Å². The van der Waals surface area contributed by atoms with Crippen LogP contribution in [-0.2, 0) is 19.8 Å². The van der Waals surface area contributed by atoms with Crippen molar-refractivity contribution in [2.24, 2.45) is 11.8 Å². The van der Waals surface area contributed by atoms with Crippen molar-refractivity contribution >= 4 is 45.1 Å². The third kappa shape index (κ3) is 6.44. The van der Waals surface area contributed by atoms with E-state index in [4.69, 9.17) is 19.6 Å². The molecule has 2 N–H and O–H groups in total. The number of aromatic amines is 1. The molecule has 3 aromatic heterocycles. The first-order chi connectivity index (χ1) is 21.9. The van der Waals surface area contributed by atoms with Crippen molar-refractivity contribution in [2.45, 2.75) is 84.0 Å². The van der Waals surface area contributed by atoms with Crippen LogP contribution >= 0.6 is 0 Å². The highest BCUT2D eigenvalue weighted by molar-refractivity contribution is 5.92. The number of esters is 1. The molecule has 0 amide bonds. The lowest BCUT2D eigenvalue weighted by Gasteiger charge is -2.39. The molecule has 2 aliphatic rings. The molecule has 11 heteroatoms. The van der Waals surface area contributed by atoms with E-state index >= 15 is 0 Å². The second-order valence-electron chi connectivity index (χ2n) is 14.2. The van der Waals surface area contributed by atoms with Gasteiger partial charge in [0.1, 0.15) is 16.8 Å². The van der Waals surface area contributed by atoms with Gasteiger partial charge >= 0.3 is 5.97 Å². The van der Waals surface area contributed by atoms with Crippen molar-refractivity contribution in [1.82, 2.24) is 19.7 Å². The van der Waals surface area contributed by atoms with Gasteiger partial charge in [0.05, 0.1) is 35.7 Å². The van der Waals surface area contributed by atoms with E-state index < -0.39 is 23.2 Å². The zero-order valence-corrected chi connectivity index (χ0v) is 27.3. The highest BCUT2D eigenvalue weighted by atomic mass is 16.6. The Morgan fingerprint density at radius 2 is 1.91 bits per heavy atom. The molecular weight excluding hydrogens is 582 g/mol. The molecule has 0 bridgehead atoms. The van der Waals surface area contributed by atoms with Gasteiger partial charge in [-0.1, -0.05) is 13.8 Å². The number of rotatable bonds is 6. The van der Waals surface area contributed by atoms with Crippen molar-refractivity contribution in [3.05, 3.63) is 52.9 Å². The molecule has 242 valence electrons. The molecule has 4 atom stereocenters. The van der Waals surface area contributed by atoms with Gasteiger partial charge in [0.15, 0.2) is 11.9 Å². The molecule has 2 saturated heterocycles. The summed E-state index contributed by atoms with van der Waals surface area (Å²) < 4.78 is 13.3. The van der Waals surface area contributed by atoms with Crippen LogP contribution in [0.1, 0.15) is 66.7 Å². The summed E-state index contributed by atoms with van der Waals surface area (Å²) in [5.41, 5.74) is 0.433. The first-order valence-electron chi connectivity index (χ1n) is 16.2. The average Bonchev–Trinajstić information content (AvgIpc) is 3.29. The summed E-state index contributed by atoms with van der Waals surface area (Å²) in [7, 11) is 0. The maximum absolute atomic E-state index is 13.2. The molecule has 1 aromatic carbocycles. The number of fused-ring (bicyclic) bond motifs is 2. The average molecular weight is 626 g/mol. The smallest absolute Gasteiger partial charge is 0.335 e. The number of pyridine rings is 2. The predicted octanol–water partition coefficient (Wildman–Crippen LogP) is 6.02. The minimum Gasteiger partial charge on any atom is -0.458 e. The van der Waals surface area contributed by atoms with Gasteiger partial charge in [-0.05, 0) is 94.7 Å². The van der Waals surface area contributed by atoms with Gasteiger partial charge in [-0.25, -0.2) is 9.78 Å². The zero-order valence-electron chi connectivity index (χ0n) is 27.3. The molecule has 4 aromatic rings. The van der Waals surface area contributed by atoms with Crippen LogP contribution < -0.4 is 15.8 Å². The van der Waals surface area contributed by atoms with Gasteiger partial charge in [-0.2, -0.15) is 10.4 Å². The lowest BCUT2D eigenvalue weighted by molar-refractivity contribution is -0.176. The molecule has 0 saturated carbocycles. The van der Waals surface area contributed by atoms with Crippen molar-refractivity contribution in [3.63, 3.8) is 0 Å². The number of hydrogen-bond donors (Lipinski definition) is 2. The van der Waals surface area contributed by atoms with Crippen LogP contribution in [0, 0.1) is 23.2 Å². The topological polar surface area (TPSA) is 138 Å². The highest BCUT2D eigenvalue weighted by Gasteiger charge is 2.43. The number of carbonyl (C=O) groups excluding carboxylic acids is 1. The van der Waals surface area contributed by atoms with E-state index in [2.05, 4.69) is 47.3 Å². The third-order valence-electron chi connectivity index (χ3n) is 9.03. The van der Waals surface area contributed by atoms with Crippen LogP contribution in [0.5, 0.6) is 0 Å². The Bertz CT molecular complexity index is 1830. The Labute approximate surface area is 268 Å². The van der Waals surface area contributed by atoms with E-state index in [1.165, 1.54) is 12.8 Å². The number of ether oxygens (including phenoxy) is 2. The third-order valence-corrected chi connectivity index (χ3v) is 9.03. The fourth-order valence-electron chi connectivity index (χ4n) is 6.69. The van der Waals surface area contributed by atoms with Crippen molar-refractivity contribution in [1.29, 1.82) is 5.26 Å². The molecule has 2 fully saturated rings. The van der Waals surface area contributed by atoms with Gasteiger partial charge in [0, 0.05) is 30.4 Å². The quantitative estimate of drug-likeness (QED) is 0.246. The van der Waals surface area contributed by atoms with Crippen LogP contribution in [0.25, 0.3) is 21.8 Å². The number of carbonyl (C=O) groups is 1. The Morgan fingerprint density at radius 3 is 2.59 bits per heavy atom. The predicted molar refractivity (Wildman–Crippen MR) is 178 cm³/mol. The summed E-state index contributed by atoms with van der Waals surface area (Å²) in [6.07, 6.45) is 4.23. The SMILES string of the molecule is CC1CCC(C)CN(c2ccc3cc(Nc4nn([C@]5(CC#N)CC[C@@H](C(=O)OC(C)(C)C)OC5)c5cc[nH]c(=O)c45)ccc3n2)C1. The first kappa shape index (κ1) is 31.5. The summed E-state index contributed by atoms with van der Waals surface area (Å²) in [6, 6.07) is 14.2. The first-order valence-corrected chi connectivity index (χ1v) is 16.2. The molecule has 2 unspecified atom stereocenters. The molecule has 0 radical (unpaired) electrons. The summed E-state index contributed by atoms with van der Waals surface area (Å²) in [4.78, 5) is 36.1. The van der Waals surface area contributed by atoms with Crippen molar-refractivity contribution < 1.29 is 14.3 Å². The van der Waals surface area contributed by atoms with Crippen molar-refractivity contribution in [3.8, 4) is 6.07 Å². The van der Waals surface area contributed by atoms with E-state index in [-0.39, 0.29) is 18.6 Å². The summed E-state index contributed by atoms with van der Waals surface area (Å²) in [5.74, 6) is 2.21. The molecule has 11 nitrogen and oxygen atoms in total. The summed E-state index contributed by atoms with van der Waals surface area (Å²) in [5, 5.41) is 19.4. The molecule has 6 rings (SSSR count). The second kappa shape index (κ2) is 12.4. The Morgan fingerprint density at radius 1 is 1.15 bits per heavy atom. The lowest BCUT2D eigenvalue weighted by atomic mass is 9.87. The molecule has 2 aliphatic heterocycles. The fraction of sp³-hybridized carbons (Fsp3) is 0.514. The van der Waals surface area contributed by atoms with E-state index in [1.54, 1.807) is 16.9 Å². The van der Waals surface area contributed by atoms with Gasteiger partial charge < -0.3 is 24.7 Å². The van der Waals surface area contributed by atoms with E-state index in [0.717, 1.165) is 35.5 Å². The monoisotopic (exact) mass is 625 g/mol. The molecule has 5 heterocycles. The number of nitriles is 1. The van der Waals surface area contributed by atoms with Crippen LogP contribution in [0.2, 0.25) is 0 Å². The summed E-state index contributed by atoms with van der Waals surface area (Å²) >= 11 is 0. The van der Waals surface area contributed by atoms with Crippen LogP contribution in [0.4, 0.5) is 17.3 Å². The standard InChI is InChI=1S/C35H43N7O4/c1-22-6-7-23(2)20-41(19-22)29-11-8-24-18-25(9-10-26(24)39-29)38-31-30-27(13-17-37-32(30)43)42(40-31)35(15-16-36)14-12-28(45-21-35)33(44)46-34(3,4)5/h8-11,13,17-18,22-23,28H,6-7,12,14-15,19-21H2,1-5H3,(H,37,43)(H,38,40)/t22?,23?,28-,35-/m0/s1. The lowest BCUT2D eigenvalue weighted by Crippen LogP contribution is -2.47. The number of aromatic nitrogens is 4. The molecular formula is C35H43N7O4. The van der Waals surface area contributed by atoms with E-state index in [1.807, 2.05) is 39.0 Å². The normalized spacial score (nSPS) is 24.0.